The van der Waals surface area contributed by atoms with Crippen molar-refractivity contribution in [2.24, 2.45) is 5.92 Å². The number of aliphatic hydroxyl groups excluding tert-OH is 1. The molecule has 1 aromatic rings. The minimum absolute atomic E-state index is 0.0221. The van der Waals surface area contributed by atoms with Crippen LogP contribution in [-0.4, -0.2) is 49.0 Å². The lowest BCUT2D eigenvalue weighted by atomic mass is 9.91. The second-order valence-electron chi connectivity index (χ2n) is 7.19. The fourth-order valence-corrected chi connectivity index (χ4v) is 5.59. The van der Waals surface area contributed by atoms with E-state index in [0.29, 0.717) is 30.8 Å². The first-order chi connectivity index (χ1) is 12.4. The van der Waals surface area contributed by atoms with Gasteiger partial charge in [-0.05, 0) is 56.7 Å². The molecule has 0 radical (unpaired) electrons. The van der Waals surface area contributed by atoms with Crippen molar-refractivity contribution in [2.45, 2.75) is 55.6 Å². The van der Waals surface area contributed by atoms with Crippen molar-refractivity contribution in [1.29, 1.82) is 0 Å². The topological polar surface area (TPSA) is 86.7 Å². The Labute approximate surface area is 159 Å². The van der Waals surface area contributed by atoms with Crippen LogP contribution in [0.25, 0.3) is 0 Å². The molecule has 144 valence electrons. The normalized spacial score (nSPS) is 27.8. The first kappa shape index (κ1) is 19.6. The molecule has 2 unspecified atom stereocenters. The Morgan fingerprint density at radius 3 is 2.77 bits per heavy atom. The molecule has 1 saturated carbocycles. The van der Waals surface area contributed by atoms with E-state index >= 15 is 0 Å². The fraction of sp³-hybridized carbons (Fsp3) is 0.611. The van der Waals surface area contributed by atoms with E-state index in [-0.39, 0.29) is 35.4 Å². The van der Waals surface area contributed by atoms with Crippen LogP contribution in [0.15, 0.2) is 29.2 Å². The number of nitrogens with one attached hydrogen (secondary N) is 1. The Hall–Kier alpha value is -1.15. The van der Waals surface area contributed by atoms with Crippen molar-refractivity contribution >= 4 is 27.5 Å². The minimum Gasteiger partial charge on any atom is -0.393 e. The highest BCUT2D eigenvalue weighted by molar-refractivity contribution is 7.89. The number of carbonyl (C=O) groups excluding carboxylic acids is 1. The SMILES string of the molecule is O=C(NC1CCCC(O)C1)[C@H]1CCCN(S(=O)(=O)c2cccc(Cl)c2)C1. The molecule has 0 spiro atoms. The molecule has 6 nitrogen and oxygen atoms in total. The summed E-state index contributed by atoms with van der Waals surface area (Å²) in [6.45, 7) is 0.580. The smallest absolute Gasteiger partial charge is 0.243 e. The number of sulfonamides is 1. The van der Waals surface area contributed by atoms with E-state index in [0.717, 1.165) is 19.3 Å². The zero-order chi connectivity index (χ0) is 18.7. The van der Waals surface area contributed by atoms with Crippen LogP contribution >= 0.6 is 11.6 Å². The van der Waals surface area contributed by atoms with Gasteiger partial charge >= 0.3 is 0 Å². The van der Waals surface area contributed by atoms with Gasteiger partial charge in [0.15, 0.2) is 0 Å². The molecule has 1 aromatic carbocycles. The van der Waals surface area contributed by atoms with Crippen LogP contribution in [0.1, 0.15) is 38.5 Å². The predicted molar refractivity (Wildman–Crippen MR) is 99.3 cm³/mol. The van der Waals surface area contributed by atoms with Crippen LogP contribution in [0.2, 0.25) is 5.02 Å². The summed E-state index contributed by atoms with van der Waals surface area (Å²) in [6.07, 6.45) is 4.06. The molecule has 1 heterocycles. The maximum atomic E-state index is 12.8. The van der Waals surface area contributed by atoms with Gasteiger partial charge in [0, 0.05) is 24.2 Å². The molecule has 0 bridgehead atoms. The van der Waals surface area contributed by atoms with Crippen molar-refractivity contribution in [3.05, 3.63) is 29.3 Å². The average molecular weight is 401 g/mol. The number of amides is 1. The number of piperidine rings is 1. The van der Waals surface area contributed by atoms with Crippen molar-refractivity contribution in [1.82, 2.24) is 9.62 Å². The largest absolute Gasteiger partial charge is 0.393 e. The highest BCUT2D eigenvalue weighted by Gasteiger charge is 2.34. The number of carbonyl (C=O) groups is 1. The third-order valence-electron chi connectivity index (χ3n) is 5.18. The van der Waals surface area contributed by atoms with Gasteiger partial charge in [-0.15, -0.1) is 0 Å². The van der Waals surface area contributed by atoms with E-state index in [1.165, 1.54) is 16.4 Å². The standard InChI is InChI=1S/C18H25ClN2O4S/c19-14-5-1-8-17(10-14)26(24,25)21-9-3-4-13(12-21)18(23)20-15-6-2-7-16(22)11-15/h1,5,8,10,13,15-16,22H,2-4,6-7,9,11-12H2,(H,20,23)/t13-,15?,16?/m0/s1. The maximum absolute atomic E-state index is 12.8. The predicted octanol–water partition coefficient (Wildman–Crippen LogP) is 2.16. The van der Waals surface area contributed by atoms with Gasteiger partial charge in [0.1, 0.15) is 0 Å². The second-order valence-corrected chi connectivity index (χ2v) is 9.56. The molecule has 3 rings (SSSR count). The quantitative estimate of drug-likeness (QED) is 0.810. The highest BCUT2D eigenvalue weighted by atomic mass is 35.5. The molecular weight excluding hydrogens is 376 g/mol. The van der Waals surface area contributed by atoms with Gasteiger partial charge in [-0.3, -0.25) is 4.79 Å². The molecule has 1 amide bonds. The zero-order valence-electron chi connectivity index (χ0n) is 14.6. The third-order valence-corrected chi connectivity index (χ3v) is 7.28. The molecule has 2 aliphatic rings. The van der Waals surface area contributed by atoms with E-state index in [1.807, 2.05) is 0 Å². The first-order valence-electron chi connectivity index (χ1n) is 9.10. The Morgan fingerprint density at radius 1 is 1.23 bits per heavy atom. The molecule has 1 saturated heterocycles. The van der Waals surface area contributed by atoms with Crippen molar-refractivity contribution < 1.29 is 18.3 Å². The summed E-state index contributed by atoms with van der Waals surface area (Å²) in [4.78, 5) is 12.8. The number of benzene rings is 1. The second kappa shape index (κ2) is 8.25. The monoisotopic (exact) mass is 400 g/mol. The molecule has 26 heavy (non-hydrogen) atoms. The number of hydrogen-bond donors (Lipinski definition) is 2. The summed E-state index contributed by atoms with van der Waals surface area (Å²) in [5, 5.41) is 13.1. The maximum Gasteiger partial charge on any atom is 0.243 e. The first-order valence-corrected chi connectivity index (χ1v) is 10.9. The lowest BCUT2D eigenvalue weighted by Gasteiger charge is -2.33. The van der Waals surface area contributed by atoms with Crippen LogP contribution in [0.3, 0.4) is 0 Å². The minimum atomic E-state index is -3.66. The van der Waals surface area contributed by atoms with Crippen LogP contribution in [0, 0.1) is 5.92 Å². The molecule has 1 aliphatic heterocycles. The van der Waals surface area contributed by atoms with E-state index in [2.05, 4.69) is 5.32 Å². The van der Waals surface area contributed by atoms with Gasteiger partial charge in [0.25, 0.3) is 0 Å². The van der Waals surface area contributed by atoms with Crippen LogP contribution < -0.4 is 5.32 Å². The number of hydrogen-bond acceptors (Lipinski definition) is 4. The van der Waals surface area contributed by atoms with Gasteiger partial charge in [-0.1, -0.05) is 17.7 Å². The average Bonchev–Trinajstić information content (AvgIpc) is 2.62. The van der Waals surface area contributed by atoms with E-state index in [1.54, 1.807) is 12.1 Å². The summed E-state index contributed by atoms with van der Waals surface area (Å²) < 4.78 is 27.1. The lowest BCUT2D eigenvalue weighted by Crippen LogP contribution is -2.48. The van der Waals surface area contributed by atoms with Crippen molar-refractivity contribution in [2.75, 3.05) is 13.1 Å². The Bertz CT molecular complexity index is 755. The Kier molecular flexibility index (Phi) is 6.22. The van der Waals surface area contributed by atoms with Gasteiger partial charge < -0.3 is 10.4 Å². The molecule has 1 aliphatic carbocycles. The molecule has 2 N–H and O–H groups in total. The highest BCUT2D eigenvalue weighted by Crippen LogP contribution is 2.26. The van der Waals surface area contributed by atoms with Crippen LogP contribution in [0.4, 0.5) is 0 Å². The number of aliphatic hydroxyl groups is 1. The van der Waals surface area contributed by atoms with Crippen molar-refractivity contribution in [3.8, 4) is 0 Å². The fourth-order valence-electron chi connectivity index (χ4n) is 3.77. The molecule has 2 fully saturated rings. The molecule has 8 heteroatoms. The Morgan fingerprint density at radius 2 is 2.04 bits per heavy atom. The molecular formula is C18H25ClN2O4S. The van der Waals surface area contributed by atoms with Gasteiger partial charge in [-0.25, -0.2) is 8.42 Å². The van der Waals surface area contributed by atoms with Crippen LogP contribution in [-0.2, 0) is 14.8 Å². The number of nitrogens with zero attached hydrogens (tertiary/aromatic N) is 1. The van der Waals surface area contributed by atoms with E-state index in [9.17, 15) is 18.3 Å². The van der Waals surface area contributed by atoms with Crippen molar-refractivity contribution in [3.63, 3.8) is 0 Å². The third kappa shape index (κ3) is 4.57. The summed E-state index contributed by atoms with van der Waals surface area (Å²) in [5.74, 6) is -0.480. The summed E-state index contributed by atoms with van der Waals surface area (Å²) in [5.41, 5.74) is 0. The lowest BCUT2D eigenvalue weighted by molar-refractivity contribution is -0.127. The van der Waals surface area contributed by atoms with E-state index in [4.69, 9.17) is 11.6 Å². The summed E-state index contributed by atoms with van der Waals surface area (Å²) in [6, 6.07) is 6.17. The summed E-state index contributed by atoms with van der Waals surface area (Å²) in [7, 11) is -3.66. The molecule has 0 aromatic heterocycles. The Balaban J connectivity index is 1.66. The number of rotatable bonds is 4. The zero-order valence-corrected chi connectivity index (χ0v) is 16.2. The molecule has 3 atom stereocenters. The van der Waals surface area contributed by atoms with Gasteiger partial charge in [0.05, 0.1) is 16.9 Å². The summed E-state index contributed by atoms with van der Waals surface area (Å²) >= 11 is 5.92. The van der Waals surface area contributed by atoms with E-state index < -0.39 is 10.0 Å². The van der Waals surface area contributed by atoms with Gasteiger partial charge in [-0.2, -0.15) is 4.31 Å². The number of halogens is 1. The van der Waals surface area contributed by atoms with Crippen LogP contribution in [0.5, 0.6) is 0 Å². The van der Waals surface area contributed by atoms with Gasteiger partial charge in [0.2, 0.25) is 15.9 Å².